The molecule has 0 aromatic carbocycles. The van der Waals surface area contributed by atoms with E-state index in [9.17, 15) is 4.79 Å². The van der Waals surface area contributed by atoms with E-state index in [0.29, 0.717) is 6.54 Å². The number of carbonyl (C=O) groups excluding carboxylic acids is 1. The summed E-state index contributed by atoms with van der Waals surface area (Å²) in [5.41, 5.74) is 0. The second-order valence-electron chi connectivity index (χ2n) is 3.58. The molecule has 1 rings (SSSR count). The Balaban J connectivity index is 1.94. The average Bonchev–Trinajstić information content (AvgIpc) is 2.19. The van der Waals surface area contributed by atoms with E-state index in [2.05, 4.69) is 9.89 Å². The number of aliphatic imine (C=N–C) groups is 1. The minimum Gasteiger partial charge on any atom is -0.303 e. The molecule has 0 aromatic heterocycles. The molecule has 0 amide bonds. The summed E-state index contributed by atoms with van der Waals surface area (Å²) in [6, 6.07) is 0. The van der Waals surface area contributed by atoms with Crippen molar-refractivity contribution in [3.05, 3.63) is 0 Å². The molecule has 3 nitrogen and oxygen atoms in total. The summed E-state index contributed by atoms with van der Waals surface area (Å²) in [6.45, 7) is 4.35. The molecule has 0 radical (unpaired) electrons. The van der Waals surface area contributed by atoms with Gasteiger partial charge in [-0.05, 0) is 45.3 Å². The number of hydrogen-bond donors (Lipinski definition) is 0. The van der Waals surface area contributed by atoms with E-state index in [1.165, 1.54) is 38.9 Å². The SMILES string of the molecule is O=C=NCCCCN1CCCCC1. The fourth-order valence-corrected chi connectivity index (χ4v) is 1.75. The first-order valence-electron chi connectivity index (χ1n) is 5.19. The van der Waals surface area contributed by atoms with E-state index in [1.807, 2.05) is 0 Å². The van der Waals surface area contributed by atoms with Crippen LogP contribution in [-0.2, 0) is 4.79 Å². The molecule has 0 saturated carbocycles. The molecular formula is C10H18N2O. The van der Waals surface area contributed by atoms with Crippen molar-refractivity contribution in [3.63, 3.8) is 0 Å². The topological polar surface area (TPSA) is 32.7 Å². The molecule has 0 aliphatic carbocycles. The summed E-state index contributed by atoms with van der Waals surface area (Å²) in [5.74, 6) is 0. The lowest BCUT2D eigenvalue weighted by molar-refractivity contribution is 0.225. The minimum absolute atomic E-state index is 0.650. The molecule has 1 heterocycles. The molecule has 0 unspecified atom stereocenters. The van der Waals surface area contributed by atoms with Crippen LogP contribution in [0, 0.1) is 0 Å². The minimum atomic E-state index is 0.650. The van der Waals surface area contributed by atoms with Crippen LogP contribution >= 0.6 is 0 Å². The molecule has 0 bridgehead atoms. The zero-order valence-corrected chi connectivity index (χ0v) is 8.17. The molecule has 1 aliphatic heterocycles. The molecule has 0 aromatic rings. The van der Waals surface area contributed by atoms with Gasteiger partial charge in [0.05, 0.1) is 6.54 Å². The fourth-order valence-electron chi connectivity index (χ4n) is 1.75. The van der Waals surface area contributed by atoms with E-state index >= 15 is 0 Å². The number of piperidine rings is 1. The highest BCUT2D eigenvalue weighted by molar-refractivity contribution is 5.32. The van der Waals surface area contributed by atoms with Gasteiger partial charge in [-0.3, -0.25) is 0 Å². The third-order valence-corrected chi connectivity index (χ3v) is 2.51. The summed E-state index contributed by atoms with van der Waals surface area (Å²) >= 11 is 0. The fraction of sp³-hybridized carbons (Fsp3) is 0.900. The van der Waals surface area contributed by atoms with Crippen molar-refractivity contribution in [3.8, 4) is 0 Å². The molecule has 0 spiro atoms. The van der Waals surface area contributed by atoms with E-state index in [-0.39, 0.29) is 0 Å². The summed E-state index contributed by atoms with van der Waals surface area (Å²) in [7, 11) is 0. The molecule has 0 atom stereocenters. The maximum Gasteiger partial charge on any atom is 0.234 e. The van der Waals surface area contributed by atoms with E-state index in [0.717, 1.165) is 12.8 Å². The van der Waals surface area contributed by atoms with Crippen molar-refractivity contribution in [1.29, 1.82) is 0 Å². The normalized spacial score (nSPS) is 18.2. The zero-order valence-electron chi connectivity index (χ0n) is 8.17. The predicted octanol–water partition coefficient (Wildman–Crippen LogP) is 1.59. The van der Waals surface area contributed by atoms with Crippen LogP contribution in [0.3, 0.4) is 0 Å². The monoisotopic (exact) mass is 182 g/mol. The first-order chi connectivity index (χ1) is 6.43. The molecule has 3 heteroatoms. The number of hydrogen-bond acceptors (Lipinski definition) is 3. The highest BCUT2D eigenvalue weighted by Crippen LogP contribution is 2.09. The maximum atomic E-state index is 9.77. The van der Waals surface area contributed by atoms with Crippen molar-refractivity contribution < 1.29 is 4.79 Å². The Hall–Kier alpha value is -0.660. The van der Waals surface area contributed by atoms with Gasteiger partial charge in [-0.25, -0.2) is 9.79 Å². The van der Waals surface area contributed by atoms with Gasteiger partial charge >= 0.3 is 0 Å². The van der Waals surface area contributed by atoms with E-state index in [1.54, 1.807) is 6.08 Å². The van der Waals surface area contributed by atoms with Crippen LogP contribution in [0.1, 0.15) is 32.1 Å². The number of isocyanates is 1. The van der Waals surface area contributed by atoms with Gasteiger partial charge < -0.3 is 4.90 Å². The van der Waals surface area contributed by atoms with Crippen LogP contribution in [0.4, 0.5) is 0 Å². The third kappa shape index (κ3) is 4.81. The van der Waals surface area contributed by atoms with E-state index < -0.39 is 0 Å². The summed E-state index contributed by atoms with van der Waals surface area (Å²) in [6.07, 6.45) is 7.85. The van der Waals surface area contributed by atoms with Crippen LogP contribution in [0.15, 0.2) is 4.99 Å². The highest BCUT2D eigenvalue weighted by atomic mass is 16.1. The lowest BCUT2D eigenvalue weighted by Gasteiger charge is -2.26. The van der Waals surface area contributed by atoms with Gasteiger partial charge in [0.25, 0.3) is 0 Å². The third-order valence-electron chi connectivity index (χ3n) is 2.51. The standard InChI is InChI=1S/C10H18N2O/c13-10-11-6-2-5-9-12-7-3-1-4-8-12/h1-9H2. The van der Waals surface area contributed by atoms with Gasteiger partial charge in [0, 0.05) is 0 Å². The number of rotatable bonds is 5. The average molecular weight is 182 g/mol. The Morgan fingerprint density at radius 1 is 1.15 bits per heavy atom. The van der Waals surface area contributed by atoms with Crippen molar-refractivity contribution in [2.45, 2.75) is 32.1 Å². The van der Waals surface area contributed by atoms with E-state index in [4.69, 9.17) is 0 Å². The van der Waals surface area contributed by atoms with Gasteiger partial charge in [0.15, 0.2) is 0 Å². The quantitative estimate of drug-likeness (QED) is 0.367. The maximum absolute atomic E-state index is 9.77. The van der Waals surface area contributed by atoms with Gasteiger partial charge in [-0.15, -0.1) is 0 Å². The molecule has 1 saturated heterocycles. The molecule has 74 valence electrons. The number of likely N-dealkylation sites (tertiary alicyclic amines) is 1. The lowest BCUT2D eigenvalue weighted by atomic mass is 10.1. The summed E-state index contributed by atoms with van der Waals surface area (Å²) in [4.78, 5) is 15.8. The number of nitrogens with zero attached hydrogens (tertiary/aromatic N) is 2. The first kappa shape index (κ1) is 10.4. The molecule has 1 fully saturated rings. The Kier molecular flexibility index (Phi) is 5.46. The summed E-state index contributed by atoms with van der Waals surface area (Å²) in [5, 5.41) is 0. The van der Waals surface area contributed by atoms with Crippen LogP contribution in [0.25, 0.3) is 0 Å². The first-order valence-corrected chi connectivity index (χ1v) is 5.19. The van der Waals surface area contributed by atoms with Crippen molar-refractivity contribution >= 4 is 6.08 Å². The zero-order chi connectivity index (χ0) is 9.36. The second-order valence-corrected chi connectivity index (χ2v) is 3.58. The highest BCUT2D eigenvalue weighted by Gasteiger charge is 2.08. The molecule has 1 aliphatic rings. The van der Waals surface area contributed by atoms with Crippen LogP contribution in [-0.4, -0.2) is 37.2 Å². The largest absolute Gasteiger partial charge is 0.303 e. The van der Waals surface area contributed by atoms with Crippen molar-refractivity contribution in [2.24, 2.45) is 4.99 Å². The van der Waals surface area contributed by atoms with Crippen molar-refractivity contribution in [2.75, 3.05) is 26.2 Å². The number of unbranched alkanes of at least 4 members (excludes halogenated alkanes) is 1. The van der Waals surface area contributed by atoms with Crippen LogP contribution in [0.2, 0.25) is 0 Å². The predicted molar refractivity (Wildman–Crippen MR) is 52.5 cm³/mol. The summed E-state index contributed by atoms with van der Waals surface area (Å²) < 4.78 is 0. The Morgan fingerprint density at radius 2 is 1.92 bits per heavy atom. The van der Waals surface area contributed by atoms with Gasteiger partial charge in [0.1, 0.15) is 0 Å². The van der Waals surface area contributed by atoms with Crippen molar-refractivity contribution in [1.82, 2.24) is 4.90 Å². The van der Waals surface area contributed by atoms with Crippen LogP contribution in [0.5, 0.6) is 0 Å². The van der Waals surface area contributed by atoms with Gasteiger partial charge in [-0.2, -0.15) is 0 Å². The molecule has 13 heavy (non-hydrogen) atoms. The Labute approximate surface area is 79.8 Å². The van der Waals surface area contributed by atoms with Gasteiger partial charge in [-0.1, -0.05) is 6.42 Å². The second kappa shape index (κ2) is 6.81. The van der Waals surface area contributed by atoms with Gasteiger partial charge in [0.2, 0.25) is 6.08 Å². The van der Waals surface area contributed by atoms with Crippen LogP contribution < -0.4 is 0 Å². The smallest absolute Gasteiger partial charge is 0.234 e. The molecule has 0 N–H and O–H groups in total. The Morgan fingerprint density at radius 3 is 2.62 bits per heavy atom. The molecular weight excluding hydrogens is 164 g/mol. The lowest BCUT2D eigenvalue weighted by Crippen LogP contribution is -2.30. The Bertz CT molecular complexity index is 170.